The number of rotatable bonds is 6. The van der Waals surface area contributed by atoms with Crippen LogP contribution < -0.4 is 27.2 Å². The summed E-state index contributed by atoms with van der Waals surface area (Å²) in [6.45, 7) is 0.286. The van der Waals surface area contributed by atoms with Crippen LogP contribution >= 0.6 is 11.6 Å². The van der Waals surface area contributed by atoms with E-state index in [1.54, 1.807) is 24.3 Å². The van der Waals surface area contributed by atoms with E-state index in [-0.39, 0.29) is 35.0 Å². The number of nitrogen functional groups attached to an aromatic ring is 2. The Morgan fingerprint density at radius 3 is 2.09 bits per heavy atom. The predicted molar refractivity (Wildman–Crippen MR) is 129 cm³/mol. The molecule has 0 spiro atoms. The fraction of sp³-hybridized carbons (Fsp3) is 0.294. The second kappa shape index (κ2) is 11.6. The minimum absolute atomic E-state index is 0.0879. The molecule has 0 unspecified atom stereocenters. The molecule has 33 heavy (non-hydrogen) atoms. The number of carbonyl (C=O) groups excluding carboxylic acids is 1. The van der Waals surface area contributed by atoms with Crippen LogP contribution in [0.25, 0.3) is 0 Å². The minimum atomic E-state index is -3.32. The highest BCUT2D eigenvalue weighted by molar-refractivity contribution is 7.92. The van der Waals surface area contributed by atoms with Crippen LogP contribution in [0.3, 0.4) is 0 Å². The quantitative estimate of drug-likeness (QED) is 0.245. The van der Waals surface area contributed by atoms with Crippen LogP contribution in [0.15, 0.2) is 29.3 Å². The molecule has 0 aliphatic heterocycles. The molecular weight excluding hydrogens is 496 g/mol. The number of hydrogen-bond acceptors (Lipinski definition) is 10. The van der Waals surface area contributed by atoms with Crippen molar-refractivity contribution in [3.63, 3.8) is 0 Å². The highest BCUT2D eigenvalue weighted by Crippen LogP contribution is 2.17. The zero-order valence-corrected chi connectivity index (χ0v) is 20.4. The molecule has 0 aliphatic rings. The van der Waals surface area contributed by atoms with Gasteiger partial charge in [-0.15, -0.1) is 0 Å². The van der Waals surface area contributed by atoms with Gasteiger partial charge >= 0.3 is 0 Å². The van der Waals surface area contributed by atoms with Gasteiger partial charge in [0.15, 0.2) is 28.4 Å². The van der Waals surface area contributed by atoms with Gasteiger partial charge in [-0.05, 0) is 24.1 Å². The standard InChI is InChI=1S/C15H19ClN8O3S.C2H6O2S/c1-28(26,27)24-9-4-2-8(3-5-9)6-7-20-15(19)23-14(25)10-12(17)22-13(18)11(16)21-10;1-5(2,3)4/h2-5,24H,6-7H2,1H3,(H4,17,18,22)(H3,19,20,23,25);1-2H3. The summed E-state index contributed by atoms with van der Waals surface area (Å²) in [4.78, 5) is 23.6. The van der Waals surface area contributed by atoms with E-state index in [2.05, 4.69) is 25.0 Å². The van der Waals surface area contributed by atoms with Crippen molar-refractivity contribution in [3.05, 3.63) is 40.7 Å². The van der Waals surface area contributed by atoms with E-state index in [9.17, 15) is 21.6 Å². The molecule has 2 rings (SSSR count). The van der Waals surface area contributed by atoms with Crippen molar-refractivity contribution >= 4 is 60.7 Å². The van der Waals surface area contributed by atoms with Gasteiger partial charge in [0.25, 0.3) is 5.91 Å². The molecule has 0 saturated heterocycles. The average Bonchev–Trinajstić information content (AvgIpc) is 2.63. The van der Waals surface area contributed by atoms with E-state index in [0.717, 1.165) is 24.3 Å². The van der Waals surface area contributed by atoms with Gasteiger partial charge in [-0.25, -0.2) is 26.8 Å². The molecule has 182 valence electrons. The van der Waals surface area contributed by atoms with Crippen LogP contribution in [0.4, 0.5) is 17.3 Å². The molecule has 1 aromatic carbocycles. The van der Waals surface area contributed by atoms with Crippen LogP contribution in [0.1, 0.15) is 16.1 Å². The normalized spacial score (nSPS) is 11.8. The number of nitrogens with two attached hydrogens (primary N) is 3. The van der Waals surface area contributed by atoms with Crippen molar-refractivity contribution in [1.29, 1.82) is 0 Å². The van der Waals surface area contributed by atoms with Gasteiger partial charge in [-0.1, -0.05) is 23.7 Å². The lowest BCUT2D eigenvalue weighted by atomic mass is 10.1. The van der Waals surface area contributed by atoms with Crippen LogP contribution in [0.5, 0.6) is 0 Å². The number of sulfone groups is 1. The Balaban J connectivity index is 0.000000981. The molecule has 0 atom stereocenters. The molecule has 0 radical (unpaired) electrons. The highest BCUT2D eigenvalue weighted by atomic mass is 35.5. The van der Waals surface area contributed by atoms with E-state index < -0.39 is 25.8 Å². The van der Waals surface area contributed by atoms with Crippen molar-refractivity contribution in [2.45, 2.75) is 6.42 Å². The second-order valence-electron chi connectivity index (χ2n) is 6.82. The van der Waals surface area contributed by atoms with Gasteiger partial charge in [0.05, 0.1) is 6.26 Å². The minimum Gasteiger partial charge on any atom is -0.382 e. The smallest absolute Gasteiger partial charge is 0.280 e. The Morgan fingerprint density at radius 1 is 1.03 bits per heavy atom. The molecule has 0 fully saturated rings. The Labute approximate surface area is 196 Å². The molecule has 2 aromatic rings. The zero-order chi connectivity index (χ0) is 25.4. The Morgan fingerprint density at radius 2 is 1.58 bits per heavy atom. The molecule has 8 N–H and O–H groups in total. The van der Waals surface area contributed by atoms with Crippen molar-refractivity contribution in [1.82, 2.24) is 15.3 Å². The maximum absolute atomic E-state index is 12.1. The van der Waals surface area contributed by atoms with Gasteiger partial charge in [-0.3, -0.25) is 19.8 Å². The number of aromatic nitrogens is 2. The van der Waals surface area contributed by atoms with E-state index in [1.807, 2.05) is 0 Å². The summed E-state index contributed by atoms with van der Waals surface area (Å²) in [5, 5.41) is 2.19. The summed E-state index contributed by atoms with van der Waals surface area (Å²) in [5.41, 5.74) is 17.9. The van der Waals surface area contributed by atoms with Crippen LogP contribution in [-0.2, 0) is 26.3 Å². The van der Waals surface area contributed by atoms with E-state index >= 15 is 0 Å². The Hall–Kier alpha value is -3.17. The van der Waals surface area contributed by atoms with E-state index in [1.165, 1.54) is 0 Å². The summed E-state index contributed by atoms with van der Waals surface area (Å²) in [7, 11) is -5.99. The van der Waals surface area contributed by atoms with E-state index in [4.69, 9.17) is 28.8 Å². The fourth-order valence-electron chi connectivity index (χ4n) is 2.08. The van der Waals surface area contributed by atoms with Crippen molar-refractivity contribution in [2.75, 3.05) is 41.5 Å². The number of nitrogens with zero attached hydrogens (tertiary/aromatic N) is 3. The summed E-state index contributed by atoms with van der Waals surface area (Å²) in [6.07, 6.45) is 3.91. The van der Waals surface area contributed by atoms with Gasteiger partial charge in [0.2, 0.25) is 10.0 Å². The molecule has 0 aliphatic carbocycles. The SMILES string of the molecule is CS(=O)(=O)Nc1ccc(CCN=C(N)NC(=O)c2nc(Cl)c(N)nc2N)cc1.CS(C)(=O)=O. The molecule has 0 saturated carbocycles. The van der Waals surface area contributed by atoms with Crippen LogP contribution in [-0.4, -0.2) is 64.0 Å². The van der Waals surface area contributed by atoms with Gasteiger partial charge in [0, 0.05) is 24.7 Å². The molecule has 0 bridgehead atoms. The first kappa shape index (κ1) is 27.9. The van der Waals surface area contributed by atoms with Crippen LogP contribution in [0.2, 0.25) is 5.15 Å². The molecule has 1 heterocycles. The third kappa shape index (κ3) is 11.9. The number of halogens is 1. The largest absolute Gasteiger partial charge is 0.382 e. The number of benzene rings is 1. The molecule has 16 heteroatoms. The van der Waals surface area contributed by atoms with Crippen molar-refractivity contribution in [2.24, 2.45) is 10.7 Å². The number of anilines is 3. The molecule has 13 nitrogen and oxygen atoms in total. The van der Waals surface area contributed by atoms with Gasteiger partial charge in [-0.2, -0.15) is 0 Å². The lowest BCUT2D eigenvalue weighted by Gasteiger charge is -2.07. The molecular formula is C17H25ClN8O5S2. The second-order valence-corrected chi connectivity index (χ2v) is 11.2. The zero-order valence-electron chi connectivity index (χ0n) is 18.0. The maximum Gasteiger partial charge on any atom is 0.280 e. The first-order valence-corrected chi connectivity index (χ1v) is 13.5. The van der Waals surface area contributed by atoms with E-state index in [0.29, 0.717) is 12.1 Å². The summed E-state index contributed by atoms with van der Waals surface area (Å²) in [5.74, 6) is -1.12. The number of hydrogen-bond donors (Lipinski definition) is 5. The van der Waals surface area contributed by atoms with Crippen molar-refractivity contribution in [3.8, 4) is 0 Å². The lowest BCUT2D eigenvalue weighted by Crippen LogP contribution is -2.38. The van der Waals surface area contributed by atoms with Crippen molar-refractivity contribution < 1.29 is 21.6 Å². The summed E-state index contributed by atoms with van der Waals surface area (Å²) >= 11 is 5.73. The number of guanidine groups is 1. The molecule has 1 aromatic heterocycles. The topological polar surface area (TPSA) is 226 Å². The number of sulfonamides is 1. The maximum atomic E-state index is 12.1. The van der Waals surface area contributed by atoms with Crippen LogP contribution in [0, 0.1) is 0 Å². The predicted octanol–water partition coefficient (Wildman–Crippen LogP) is -0.386. The number of aliphatic imine (C=N–C) groups is 1. The average molecular weight is 521 g/mol. The molecule has 1 amide bonds. The lowest BCUT2D eigenvalue weighted by molar-refractivity contribution is 0.0972. The first-order valence-electron chi connectivity index (χ1n) is 8.96. The summed E-state index contributed by atoms with van der Waals surface area (Å²) in [6, 6.07) is 6.78. The van der Waals surface area contributed by atoms with Gasteiger partial charge < -0.3 is 17.2 Å². The highest BCUT2D eigenvalue weighted by Gasteiger charge is 2.16. The third-order valence-electron chi connectivity index (χ3n) is 3.30. The fourth-order valence-corrected chi connectivity index (χ4v) is 2.77. The number of carbonyl (C=O) groups is 1. The number of amides is 1. The first-order chi connectivity index (χ1) is 15.0. The Kier molecular flexibility index (Phi) is 9.81. The Bertz CT molecular complexity index is 1220. The monoisotopic (exact) mass is 520 g/mol. The van der Waals surface area contributed by atoms with Gasteiger partial charge in [0.1, 0.15) is 9.84 Å². The summed E-state index contributed by atoms with van der Waals surface area (Å²) < 4.78 is 44.0. The third-order valence-corrected chi connectivity index (χ3v) is 4.19. The number of nitrogens with one attached hydrogen (secondary N) is 2.